The first-order chi connectivity index (χ1) is 7.65. The highest BCUT2D eigenvalue weighted by Crippen LogP contribution is 2.09. The molecule has 0 heterocycles. The van der Waals surface area contributed by atoms with Crippen molar-refractivity contribution < 1.29 is 5.11 Å². The van der Waals surface area contributed by atoms with Gasteiger partial charge < -0.3 is 10.0 Å². The van der Waals surface area contributed by atoms with Crippen LogP contribution in [-0.4, -0.2) is 23.6 Å². The standard InChI is InChI=1S/C14H23NO/c1-4-12(2)9-15(3)10-13-5-7-14(11-16)8-6-13/h5-8,12,16H,4,9-11H2,1-3H3. The summed E-state index contributed by atoms with van der Waals surface area (Å²) in [5.74, 6) is 0.752. The Balaban J connectivity index is 2.46. The molecular formula is C14H23NO. The summed E-state index contributed by atoms with van der Waals surface area (Å²) in [5, 5.41) is 8.95. The van der Waals surface area contributed by atoms with Gasteiger partial charge in [0.25, 0.3) is 0 Å². The van der Waals surface area contributed by atoms with E-state index in [9.17, 15) is 0 Å². The van der Waals surface area contributed by atoms with Gasteiger partial charge in [-0.25, -0.2) is 0 Å². The third kappa shape index (κ3) is 4.33. The number of nitrogens with zero attached hydrogens (tertiary/aromatic N) is 1. The van der Waals surface area contributed by atoms with Crippen molar-refractivity contribution in [2.24, 2.45) is 5.92 Å². The largest absolute Gasteiger partial charge is 0.392 e. The van der Waals surface area contributed by atoms with Gasteiger partial charge in [0.2, 0.25) is 0 Å². The summed E-state index contributed by atoms with van der Waals surface area (Å²) in [7, 11) is 2.16. The molecule has 0 saturated carbocycles. The van der Waals surface area contributed by atoms with Gasteiger partial charge in [0.1, 0.15) is 0 Å². The molecule has 1 unspecified atom stereocenters. The maximum atomic E-state index is 8.95. The van der Waals surface area contributed by atoms with Crippen molar-refractivity contribution in [1.82, 2.24) is 4.90 Å². The maximum absolute atomic E-state index is 8.95. The first kappa shape index (κ1) is 13.2. The van der Waals surface area contributed by atoms with Crippen LogP contribution < -0.4 is 0 Å². The van der Waals surface area contributed by atoms with Gasteiger partial charge >= 0.3 is 0 Å². The van der Waals surface area contributed by atoms with E-state index in [1.807, 2.05) is 12.1 Å². The van der Waals surface area contributed by atoms with Crippen molar-refractivity contribution in [3.05, 3.63) is 35.4 Å². The van der Waals surface area contributed by atoms with E-state index < -0.39 is 0 Å². The molecule has 0 aliphatic rings. The third-order valence-corrected chi connectivity index (χ3v) is 2.98. The highest BCUT2D eigenvalue weighted by atomic mass is 16.3. The van der Waals surface area contributed by atoms with E-state index >= 15 is 0 Å². The lowest BCUT2D eigenvalue weighted by atomic mass is 10.1. The molecule has 0 aliphatic carbocycles. The lowest BCUT2D eigenvalue weighted by Crippen LogP contribution is -2.23. The minimum absolute atomic E-state index is 0.128. The number of aliphatic hydroxyl groups is 1. The van der Waals surface area contributed by atoms with Crippen LogP contribution >= 0.6 is 0 Å². The summed E-state index contributed by atoms with van der Waals surface area (Å²) in [5.41, 5.74) is 2.29. The Morgan fingerprint density at radius 3 is 2.25 bits per heavy atom. The highest BCUT2D eigenvalue weighted by molar-refractivity contribution is 5.21. The lowest BCUT2D eigenvalue weighted by Gasteiger charge is -2.20. The monoisotopic (exact) mass is 221 g/mol. The fraction of sp³-hybridized carbons (Fsp3) is 0.571. The molecule has 0 aliphatic heterocycles. The zero-order valence-electron chi connectivity index (χ0n) is 10.6. The average molecular weight is 221 g/mol. The van der Waals surface area contributed by atoms with Crippen LogP contribution in [0, 0.1) is 5.92 Å². The number of benzene rings is 1. The molecule has 0 amide bonds. The molecule has 0 bridgehead atoms. The zero-order chi connectivity index (χ0) is 12.0. The predicted molar refractivity (Wildman–Crippen MR) is 68.2 cm³/mol. The van der Waals surface area contributed by atoms with Crippen LogP contribution in [0.4, 0.5) is 0 Å². The Labute approximate surface area is 98.9 Å². The van der Waals surface area contributed by atoms with E-state index in [2.05, 4.69) is 37.9 Å². The van der Waals surface area contributed by atoms with Crippen molar-refractivity contribution in [3.63, 3.8) is 0 Å². The van der Waals surface area contributed by atoms with Crippen molar-refractivity contribution in [3.8, 4) is 0 Å². The molecule has 0 saturated heterocycles. The molecule has 0 radical (unpaired) electrons. The minimum atomic E-state index is 0.128. The number of aliphatic hydroxyl groups excluding tert-OH is 1. The normalized spacial score (nSPS) is 13.1. The summed E-state index contributed by atoms with van der Waals surface area (Å²) in [4.78, 5) is 2.35. The molecule has 0 aromatic heterocycles. The Bertz CT molecular complexity index is 294. The van der Waals surface area contributed by atoms with E-state index in [0.717, 1.165) is 24.6 Å². The van der Waals surface area contributed by atoms with Crippen LogP contribution in [0.3, 0.4) is 0 Å². The molecule has 1 atom stereocenters. The maximum Gasteiger partial charge on any atom is 0.0681 e. The van der Waals surface area contributed by atoms with E-state index in [-0.39, 0.29) is 6.61 Å². The number of hydrogen-bond acceptors (Lipinski definition) is 2. The Hall–Kier alpha value is -0.860. The van der Waals surface area contributed by atoms with Gasteiger partial charge in [-0.1, -0.05) is 44.5 Å². The third-order valence-electron chi connectivity index (χ3n) is 2.98. The Morgan fingerprint density at radius 2 is 1.75 bits per heavy atom. The fourth-order valence-electron chi connectivity index (χ4n) is 1.79. The van der Waals surface area contributed by atoms with Gasteiger partial charge in [-0.3, -0.25) is 0 Å². The second-order valence-electron chi connectivity index (χ2n) is 4.68. The van der Waals surface area contributed by atoms with Gasteiger partial charge in [0, 0.05) is 13.1 Å². The molecule has 90 valence electrons. The van der Waals surface area contributed by atoms with Gasteiger partial charge in [-0.05, 0) is 24.1 Å². The smallest absolute Gasteiger partial charge is 0.0681 e. The molecule has 2 heteroatoms. The predicted octanol–water partition coefficient (Wildman–Crippen LogP) is 2.66. The molecule has 16 heavy (non-hydrogen) atoms. The Morgan fingerprint density at radius 1 is 1.19 bits per heavy atom. The van der Waals surface area contributed by atoms with Crippen molar-refractivity contribution in [2.45, 2.75) is 33.4 Å². The topological polar surface area (TPSA) is 23.5 Å². The zero-order valence-corrected chi connectivity index (χ0v) is 10.6. The van der Waals surface area contributed by atoms with Crippen LogP contribution in [0.2, 0.25) is 0 Å². The van der Waals surface area contributed by atoms with Crippen LogP contribution in [0.5, 0.6) is 0 Å². The summed E-state index contributed by atoms with van der Waals surface area (Å²) >= 11 is 0. The number of hydrogen-bond donors (Lipinski definition) is 1. The van der Waals surface area contributed by atoms with Gasteiger partial charge in [-0.2, -0.15) is 0 Å². The highest BCUT2D eigenvalue weighted by Gasteiger charge is 2.04. The van der Waals surface area contributed by atoms with E-state index in [1.165, 1.54) is 12.0 Å². The Kier molecular flexibility index (Phi) is 5.50. The van der Waals surface area contributed by atoms with E-state index in [1.54, 1.807) is 0 Å². The van der Waals surface area contributed by atoms with Gasteiger partial charge in [0.05, 0.1) is 6.61 Å². The van der Waals surface area contributed by atoms with E-state index in [4.69, 9.17) is 5.11 Å². The lowest BCUT2D eigenvalue weighted by molar-refractivity contribution is 0.274. The van der Waals surface area contributed by atoms with Crippen LogP contribution in [0.25, 0.3) is 0 Å². The molecular weight excluding hydrogens is 198 g/mol. The average Bonchev–Trinajstić information content (AvgIpc) is 2.29. The first-order valence-corrected chi connectivity index (χ1v) is 6.03. The van der Waals surface area contributed by atoms with Crippen LogP contribution in [0.15, 0.2) is 24.3 Å². The SMILES string of the molecule is CCC(C)CN(C)Cc1ccc(CO)cc1. The molecule has 2 nitrogen and oxygen atoms in total. The van der Waals surface area contributed by atoms with Crippen molar-refractivity contribution in [2.75, 3.05) is 13.6 Å². The van der Waals surface area contributed by atoms with Crippen LogP contribution in [0.1, 0.15) is 31.4 Å². The van der Waals surface area contributed by atoms with Crippen LogP contribution in [-0.2, 0) is 13.2 Å². The molecule has 0 fully saturated rings. The quantitative estimate of drug-likeness (QED) is 0.798. The number of rotatable bonds is 6. The second kappa shape index (κ2) is 6.66. The molecule has 0 spiro atoms. The van der Waals surface area contributed by atoms with Gasteiger partial charge in [0.15, 0.2) is 0 Å². The summed E-state index contributed by atoms with van der Waals surface area (Å²) in [6.07, 6.45) is 1.23. The summed E-state index contributed by atoms with van der Waals surface area (Å²) in [6, 6.07) is 8.18. The molecule has 1 N–H and O–H groups in total. The molecule has 1 aromatic carbocycles. The molecule has 1 rings (SSSR count). The summed E-state index contributed by atoms with van der Waals surface area (Å²) in [6.45, 7) is 6.76. The second-order valence-corrected chi connectivity index (χ2v) is 4.68. The molecule has 1 aromatic rings. The first-order valence-electron chi connectivity index (χ1n) is 6.03. The van der Waals surface area contributed by atoms with Crippen molar-refractivity contribution >= 4 is 0 Å². The van der Waals surface area contributed by atoms with Gasteiger partial charge in [-0.15, -0.1) is 0 Å². The van der Waals surface area contributed by atoms with Crippen molar-refractivity contribution in [1.29, 1.82) is 0 Å². The minimum Gasteiger partial charge on any atom is -0.392 e. The fourth-order valence-corrected chi connectivity index (χ4v) is 1.79. The van der Waals surface area contributed by atoms with E-state index in [0.29, 0.717) is 0 Å². The summed E-state index contributed by atoms with van der Waals surface area (Å²) < 4.78 is 0.